The van der Waals surface area contributed by atoms with Crippen LogP contribution in [0.15, 0.2) is 76.7 Å². The highest BCUT2D eigenvalue weighted by Crippen LogP contribution is 2.48. The molecule has 0 saturated heterocycles. The molecule has 5 rings (SSSR count). The third-order valence-corrected chi connectivity index (χ3v) is 6.43. The van der Waals surface area contributed by atoms with Gasteiger partial charge in [0.2, 0.25) is 0 Å². The minimum atomic E-state index is -3.71. The van der Waals surface area contributed by atoms with Crippen LogP contribution in [-0.2, 0) is 16.4 Å². The van der Waals surface area contributed by atoms with Crippen molar-refractivity contribution in [3.8, 4) is 11.5 Å². The van der Waals surface area contributed by atoms with Gasteiger partial charge in [0, 0.05) is 30.0 Å². The van der Waals surface area contributed by atoms with E-state index in [9.17, 15) is 17.2 Å². The second-order valence-electron chi connectivity index (χ2n) is 7.45. The van der Waals surface area contributed by atoms with Gasteiger partial charge in [0.1, 0.15) is 6.54 Å². The van der Waals surface area contributed by atoms with Gasteiger partial charge < -0.3 is 9.47 Å². The van der Waals surface area contributed by atoms with Crippen molar-refractivity contribution in [2.75, 3.05) is 6.26 Å². The lowest BCUT2D eigenvalue weighted by Gasteiger charge is -2.29. The maximum atomic E-state index is 13.5. The summed E-state index contributed by atoms with van der Waals surface area (Å²) >= 11 is 0. The Morgan fingerprint density at radius 1 is 0.968 bits per heavy atom. The number of hydrogen-bond donors (Lipinski definition) is 0. The molecule has 3 aromatic rings. The molecule has 1 atom stereocenters. The van der Waals surface area contributed by atoms with Crippen molar-refractivity contribution >= 4 is 27.4 Å². The fourth-order valence-corrected chi connectivity index (χ4v) is 4.48. The first-order valence-corrected chi connectivity index (χ1v) is 11.3. The van der Waals surface area contributed by atoms with Crippen LogP contribution in [0.4, 0.5) is 20.2 Å². The van der Waals surface area contributed by atoms with Crippen molar-refractivity contribution in [1.82, 2.24) is 4.59 Å². The Kier molecular flexibility index (Phi) is 4.18. The number of ether oxygens (including phenoxy) is 2. The minimum absolute atomic E-state index is 0.0173. The van der Waals surface area contributed by atoms with E-state index >= 15 is 0 Å². The van der Waals surface area contributed by atoms with Gasteiger partial charge >= 0.3 is 6.29 Å². The predicted octanol–water partition coefficient (Wildman–Crippen LogP) is 4.60. The predicted molar refractivity (Wildman–Crippen MR) is 111 cm³/mol. The number of fused-ring (bicyclic) bond motifs is 2. The van der Waals surface area contributed by atoms with Gasteiger partial charge in [0.05, 0.1) is 16.7 Å². The number of para-hydroxylation sites is 1. The molecule has 0 saturated carbocycles. The van der Waals surface area contributed by atoms with E-state index in [2.05, 4.69) is 9.47 Å². The SMILES string of the molecule is CS(=O)(=O)c1ccc(C[N+]2(c3ccc4c(c3)OC(F)(F)O4)N=Cc3ccccc32)cc1. The molecule has 2 aliphatic rings. The number of benzene rings is 3. The van der Waals surface area contributed by atoms with E-state index in [4.69, 9.17) is 5.10 Å². The Hall–Kier alpha value is -3.30. The molecule has 2 heterocycles. The van der Waals surface area contributed by atoms with Gasteiger partial charge in [-0.15, -0.1) is 13.4 Å². The summed E-state index contributed by atoms with van der Waals surface area (Å²) in [5, 5.41) is 4.74. The van der Waals surface area contributed by atoms with Crippen molar-refractivity contribution in [2.24, 2.45) is 5.10 Å². The Morgan fingerprint density at radius 3 is 2.42 bits per heavy atom. The van der Waals surface area contributed by atoms with Crippen LogP contribution in [0.5, 0.6) is 11.5 Å². The van der Waals surface area contributed by atoms with E-state index in [1.54, 1.807) is 36.5 Å². The average molecular weight is 443 g/mol. The van der Waals surface area contributed by atoms with E-state index in [0.29, 0.717) is 12.2 Å². The molecule has 0 fully saturated rings. The van der Waals surface area contributed by atoms with Gasteiger partial charge in [0.25, 0.3) is 0 Å². The monoisotopic (exact) mass is 443 g/mol. The molecule has 0 aromatic heterocycles. The van der Waals surface area contributed by atoms with Crippen LogP contribution in [0.2, 0.25) is 0 Å². The summed E-state index contributed by atoms with van der Waals surface area (Å²) in [5.41, 5.74) is 3.19. The van der Waals surface area contributed by atoms with Crippen molar-refractivity contribution in [3.05, 3.63) is 77.9 Å². The Labute approximate surface area is 177 Å². The summed E-state index contributed by atoms with van der Waals surface area (Å²) in [6, 6.07) is 18.8. The van der Waals surface area contributed by atoms with E-state index in [0.717, 1.165) is 23.1 Å². The molecule has 3 aromatic carbocycles. The van der Waals surface area contributed by atoms with Crippen molar-refractivity contribution in [1.29, 1.82) is 0 Å². The van der Waals surface area contributed by atoms with E-state index < -0.39 is 16.1 Å². The van der Waals surface area contributed by atoms with Crippen LogP contribution < -0.4 is 14.1 Å². The second-order valence-corrected chi connectivity index (χ2v) is 9.46. The summed E-state index contributed by atoms with van der Waals surface area (Å²) in [6.07, 6.45) is -0.821. The normalized spacial score (nSPS) is 20.6. The molecule has 31 heavy (non-hydrogen) atoms. The van der Waals surface area contributed by atoms with E-state index in [-0.39, 0.29) is 21.0 Å². The lowest BCUT2D eigenvalue weighted by atomic mass is 10.1. The third kappa shape index (κ3) is 3.35. The molecular weight excluding hydrogens is 426 g/mol. The maximum absolute atomic E-state index is 13.5. The number of hydrogen-bond acceptors (Lipinski definition) is 5. The first kappa shape index (κ1) is 19.7. The lowest BCUT2D eigenvalue weighted by molar-refractivity contribution is -0.286. The molecule has 2 aliphatic heterocycles. The summed E-state index contributed by atoms with van der Waals surface area (Å²) in [5.74, 6) is -0.104. The largest absolute Gasteiger partial charge is 0.586 e. The number of nitrogens with zero attached hydrogens (tertiary/aromatic N) is 2. The molecule has 0 radical (unpaired) electrons. The van der Waals surface area contributed by atoms with Crippen molar-refractivity contribution in [2.45, 2.75) is 17.7 Å². The quantitative estimate of drug-likeness (QED) is 0.553. The Bertz CT molecular complexity index is 1320. The van der Waals surface area contributed by atoms with Crippen molar-refractivity contribution in [3.63, 3.8) is 0 Å². The second kappa shape index (κ2) is 6.60. The van der Waals surface area contributed by atoms with E-state index in [1.807, 2.05) is 24.3 Å². The Balaban J connectivity index is 1.61. The molecule has 0 amide bonds. The van der Waals surface area contributed by atoms with Gasteiger partial charge in [-0.25, -0.2) is 8.42 Å². The van der Waals surface area contributed by atoms with Crippen LogP contribution in [0.25, 0.3) is 0 Å². The fraction of sp³-hybridized carbons (Fsp3) is 0.136. The topological polar surface area (TPSA) is 65.0 Å². The summed E-state index contributed by atoms with van der Waals surface area (Å²) < 4.78 is 59.8. The molecule has 1 unspecified atom stereocenters. The number of quaternary nitrogens is 1. The lowest BCUT2D eigenvalue weighted by Crippen LogP contribution is -2.36. The van der Waals surface area contributed by atoms with Crippen molar-refractivity contribution < 1.29 is 26.7 Å². The maximum Gasteiger partial charge on any atom is 0.586 e. The van der Waals surface area contributed by atoms with Gasteiger partial charge in [-0.3, -0.25) is 0 Å². The summed E-state index contributed by atoms with van der Waals surface area (Å²) in [4.78, 5) is 0.221. The summed E-state index contributed by atoms with van der Waals surface area (Å²) in [6.45, 7) is 0.341. The average Bonchev–Trinajstić information content (AvgIpc) is 3.24. The van der Waals surface area contributed by atoms with Gasteiger partial charge in [-0.05, 0) is 24.3 Å². The summed E-state index contributed by atoms with van der Waals surface area (Å²) in [7, 11) is -3.32. The fourth-order valence-electron chi connectivity index (χ4n) is 3.85. The minimum Gasteiger partial charge on any atom is -0.395 e. The molecule has 9 heteroatoms. The molecule has 0 bridgehead atoms. The third-order valence-electron chi connectivity index (χ3n) is 5.30. The molecule has 0 N–H and O–H groups in total. The number of halogens is 2. The smallest absolute Gasteiger partial charge is 0.395 e. The van der Waals surface area contributed by atoms with Gasteiger partial charge in [0.15, 0.2) is 32.7 Å². The first-order chi connectivity index (χ1) is 14.7. The highest BCUT2D eigenvalue weighted by atomic mass is 32.2. The molecule has 0 aliphatic carbocycles. The zero-order valence-corrected chi connectivity index (χ0v) is 17.1. The van der Waals surface area contributed by atoms with Gasteiger partial charge in [-0.1, -0.05) is 29.4 Å². The number of rotatable bonds is 4. The Morgan fingerprint density at radius 2 is 1.68 bits per heavy atom. The van der Waals surface area contributed by atoms with E-state index in [1.165, 1.54) is 12.1 Å². The number of alkyl halides is 2. The standard InChI is InChI=1S/C22H17F2N2O4S/c1-31(27,28)18-9-6-15(7-10-18)14-26(19-5-3-2-4-16(19)13-25-26)17-8-11-20-21(12-17)30-22(23,24)29-20/h2-13H,14H2,1H3/q+1. The zero-order chi connectivity index (χ0) is 21.9. The van der Waals surface area contributed by atoms with Crippen LogP contribution >= 0.6 is 0 Å². The van der Waals surface area contributed by atoms with Crippen LogP contribution in [0.3, 0.4) is 0 Å². The van der Waals surface area contributed by atoms with Crippen LogP contribution in [0, 0.1) is 0 Å². The highest BCUT2D eigenvalue weighted by molar-refractivity contribution is 7.90. The zero-order valence-electron chi connectivity index (χ0n) is 16.3. The number of sulfone groups is 1. The van der Waals surface area contributed by atoms with Crippen LogP contribution in [0.1, 0.15) is 11.1 Å². The van der Waals surface area contributed by atoms with Gasteiger partial charge in [-0.2, -0.15) is 0 Å². The first-order valence-electron chi connectivity index (χ1n) is 9.39. The molecule has 6 nitrogen and oxygen atoms in total. The molecule has 158 valence electrons. The van der Waals surface area contributed by atoms with Crippen LogP contribution in [-0.4, -0.2) is 27.2 Å². The highest BCUT2D eigenvalue weighted by Gasteiger charge is 2.46. The molecular formula is C22H17F2N2O4S+. The molecule has 0 spiro atoms.